The van der Waals surface area contributed by atoms with Crippen LogP contribution in [0.2, 0.25) is 0 Å². The lowest BCUT2D eigenvalue weighted by Gasteiger charge is -2.25. The van der Waals surface area contributed by atoms with Gasteiger partial charge in [0.05, 0.1) is 6.54 Å². The van der Waals surface area contributed by atoms with Gasteiger partial charge in [-0.25, -0.2) is 0 Å². The van der Waals surface area contributed by atoms with Gasteiger partial charge in [0.15, 0.2) is 0 Å². The Morgan fingerprint density at radius 1 is 1.47 bits per heavy atom. The largest absolute Gasteiger partial charge is 0.464 e. The number of hydrogen-bond acceptors (Lipinski definition) is 3. The summed E-state index contributed by atoms with van der Waals surface area (Å²) in [6.07, 6.45) is 0.522. The second-order valence-corrected chi connectivity index (χ2v) is 4.48. The summed E-state index contributed by atoms with van der Waals surface area (Å²) in [5.74, 6) is 1.88. The number of amides is 1. The molecule has 1 heterocycles. The molecule has 0 aliphatic carbocycles. The van der Waals surface area contributed by atoms with Gasteiger partial charge in [-0.2, -0.15) is 0 Å². The first kappa shape index (κ1) is 13.8. The van der Waals surface area contributed by atoms with Crippen LogP contribution in [-0.4, -0.2) is 30.4 Å². The average molecular weight is 238 g/mol. The van der Waals surface area contributed by atoms with Crippen molar-refractivity contribution in [1.29, 1.82) is 0 Å². The molecule has 0 unspecified atom stereocenters. The highest BCUT2D eigenvalue weighted by Crippen LogP contribution is 2.12. The number of furan rings is 1. The van der Waals surface area contributed by atoms with E-state index in [1.165, 1.54) is 0 Å². The fourth-order valence-electron chi connectivity index (χ4n) is 1.67. The first-order valence-electron chi connectivity index (χ1n) is 6.04. The third-order valence-corrected chi connectivity index (χ3v) is 2.65. The molecule has 0 radical (unpaired) electrons. The van der Waals surface area contributed by atoms with Gasteiger partial charge in [0, 0.05) is 19.0 Å². The van der Waals surface area contributed by atoms with Crippen molar-refractivity contribution in [2.75, 3.05) is 13.6 Å². The quantitative estimate of drug-likeness (QED) is 0.823. The maximum absolute atomic E-state index is 12.0. The van der Waals surface area contributed by atoms with E-state index in [0.717, 1.165) is 11.5 Å². The molecule has 0 fully saturated rings. The van der Waals surface area contributed by atoms with E-state index in [1.807, 2.05) is 44.9 Å². The number of hydrogen-bond donors (Lipinski definition) is 1. The van der Waals surface area contributed by atoms with Crippen LogP contribution in [0.5, 0.6) is 0 Å². The van der Waals surface area contributed by atoms with E-state index in [9.17, 15) is 4.79 Å². The van der Waals surface area contributed by atoms with Gasteiger partial charge in [0.2, 0.25) is 5.91 Å². The van der Waals surface area contributed by atoms with Crippen LogP contribution < -0.4 is 5.32 Å². The maximum Gasteiger partial charge on any atom is 0.224 e. The van der Waals surface area contributed by atoms with Crippen molar-refractivity contribution in [1.82, 2.24) is 10.2 Å². The minimum atomic E-state index is 0.156. The summed E-state index contributed by atoms with van der Waals surface area (Å²) in [5.41, 5.74) is 0. The van der Waals surface area contributed by atoms with E-state index in [1.54, 1.807) is 0 Å². The lowest BCUT2D eigenvalue weighted by Crippen LogP contribution is -2.37. The van der Waals surface area contributed by atoms with Gasteiger partial charge in [0.25, 0.3) is 0 Å². The van der Waals surface area contributed by atoms with Crippen molar-refractivity contribution < 1.29 is 9.21 Å². The summed E-state index contributed by atoms with van der Waals surface area (Å²) in [6, 6.07) is 4.03. The number of carbonyl (C=O) groups is 1. The first-order chi connectivity index (χ1) is 8.04. The van der Waals surface area contributed by atoms with Crippen molar-refractivity contribution >= 4 is 5.91 Å². The monoisotopic (exact) mass is 238 g/mol. The second-order valence-electron chi connectivity index (χ2n) is 4.48. The number of rotatable bonds is 6. The van der Waals surface area contributed by atoms with Gasteiger partial charge in [-0.05, 0) is 40.0 Å². The minimum absolute atomic E-state index is 0.156. The van der Waals surface area contributed by atoms with Crippen LogP contribution in [0.15, 0.2) is 16.5 Å². The van der Waals surface area contributed by atoms with Crippen molar-refractivity contribution in [3.05, 3.63) is 23.7 Å². The summed E-state index contributed by atoms with van der Waals surface area (Å²) >= 11 is 0. The molecular formula is C13H22N2O2. The van der Waals surface area contributed by atoms with Gasteiger partial charge in [0.1, 0.15) is 11.5 Å². The third kappa shape index (κ3) is 4.23. The lowest BCUT2D eigenvalue weighted by molar-refractivity contribution is -0.133. The highest BCUT2D eigenvalue weighted by Gasteiger charge is 2.17. The molecule has 1 amide bonds. The zero-order chi connectivity index (χ0) is 12.8. The molecule has 0 aliphatic rings. The Bertz CT molecular complexity index is 358. The molecule has 96 valence electrons. The van der Waals surface area contributed by atoms with Crippen LogP contribution in [0.25, 0.3) is 0 Å². The molecule has 0 saturated carbocycles. The van der Waals surface area contributed by atoms with Gasteiger partial charge in [-0.1, -0.05) is 0 Å². The van der Waals surface area contributed by atoms with E-state index in [2.05, 4.69) is 5.32 Å². The third-order valence-electron chi connectivity index (χ3n) is 2.65. The molecule has 0 saturated heterocycles. The second kappa shape index (κ2) is 6.45. The Hall–Kier alpha value is -1.29. The van der Waals surface area contributed by atoms with Crippen LogP contribution in [-0.2, 0) is 11.3 Å². The Morgan fingerprint density at radius 2 is 2.18 bits per heavy atom. The average Bonchev–Trinajstić information content (AvgIpc) is 2.68. The first-order valence-corrected chi connectivity index (χ1v) is 6.04. The fourth-order valence-corrected chi connectivity index (χ4v) is 1.67. The SMILES string of the molecule is CNCCC(=O)N(Cc1ccc(C)o1)C(C)C. The highest BCUT2D eigenvalue weighted by atomic mass is 16.3. The smallest absolute Gasteiger partial charge is 0.224 e. The molecule has 0 aromatic carbocycles. The molecule has 17 heavy (non-hydrogen) atoms. The molecule has 0 aliphatic heterocycles. The Kier molecular flexibility index (Phi) is 5.22. The molecule has 4 nitrogen and oxygen atoms in total. The number of aryl methyl sites for hydroxylation is 1. The van der Waals surface area contributed by atoms with Crippen LogP contribution in [0.3, 0.4) is 0 Å². The summed E-state index contributed by atoms with van der Waals surface area (Å²) in [7, 11) is 1.85. The van der Waals surface area contributed by atoms with Crippen LogP contribution in [0, 0.1) is 6.92 Å². The Balaban J connectivity index is 2.63. The molecule has 1 rings (SSSR count). The Labute approximate surface area is 103 Å². The standard InChI is InChI=1S/C13H22N2O2/c1-10(2)15(13(16)7-8-14-4)9-12-6-5-11(3)17-12/h5-6,10,14H,7-9H2,1-4H3. The van der Waals surface area contributed by atoms with Crippen LogP contribution >= 0.6 is 0 Å². The zero-order valence-corrected chi connectivity index (χ0v) is 11.1. The van der Waals surface area contributed by atoms with E-state index >= 15 is 0 Å². The van der Waals surface area contributed by atoms with E-state index in [-0.39, 0.29) is 11.9 Å². The predicted octanol–water partition coefficient (Wildman–Crippen LogP) is 1.93. The summed E-state index contributed by atoms with van der Waals surface area (Å²) in [5, 5.41) is 2.99. The Morgan fingerprint density at radius 3 is 2.65 bits per heavy atom. The van der Waals surface area contributed by atoms with Crippen molar-refractivity contribution in [2.45, 2.75) is 39.8 Å². The molecule has 1 aromatic rings. The van der Waals surface area contributed by atoms with E-state index in [4.69, 9.17) is 4.42 Å². The summed E-state index contributed by atoms with van der Waals surface area (Å²) in [6.45, 7) is 7.21. The molecule has 0 atom stereocenters. The number of carbonyl (C=O) groups excluding carboxylic acids is 1. The van der Waals surface area contributed by atoms with Gasteiger partial charge >= 0.3 is 0 Å². The number of nitrogens with zero attached hydrogens (tertiary/aromatic N) is 1. The van der Waals surface area contributed by atoms with Crippen molar-refractivity contribution in [3.8, 4) is 0 Å². The summed E-state index contributed by atoms with van der Waals surface area (Å²) in [4.78, 5) is 13.8. The maximum atomic E-state index is 12.0. The van der Waals surface area contributed by atoms with E-state index in [0.29, 0.717) is 19.5 Å². The molecular weight excluding hydrogens is 216 g/mol. The van der Waals surface area contributed by atoms with E-state index < -0.39 is 0 Å². The number of nitrogens with one attached hydrogen (secondary N) is 1. The predicted molar refractivity (Wildman–Crippen MR) is 67.7 cm³/mol. The molecule has 4 heteroatoms. The minimum Gasteiger partial charge on any atom is -0.464 e. The van der Waals surface area contributed by atoms with Gasteiger partial charge in [-0.3, -0.25) is 4.79 Å². The van der Waals surface area contributed by atoms with Crippen LogP contribution in [0.1, 0.15) is 31.8 Å². The zero-order valence-electron chi connectivity index (χ0n) is 11.1. The van der Waals surface area contributed by atoms with Crippen molar-refractivity contribution in [3.63, 3.8) is 0 Å². The molecule has 1 N–H and O–H groups in total. The van der Waals surface area contributed by atoms with Gasteiger partial charge in [-0.15, -0.1) is 0 Å². The normalized spacial score (nSPS) is 10.9. The molecule has 0 spiro atoms. The lowest BCUT2D eigenvalue weighted by atomic mass is 10.2. The topological polar surface area (TPSA) is 45.5 Å². The van der Waals surface area contributed by atoms with Crippen molar-refractivity contribution in [2.24, 2.45) is 0 Å². The van der Waals surface area contributed by atoms with Gasteiger partial charge < -0.3 is 14.6 Å². The highest BCUT2D eigenvalue weighted by molar-refractivity contribution is 5.76. The molecule has 1 aromatic heterocycles. The van der Waals surface area contributed by atoms with Crippen LogP contribution in [0.4, 0.5) is 0 Å². The molecule has 0 bridgehead atoms. The fraction of sp³-hybridized carbons (Fsp3) is 0.615. The summed E-state index contributed by atoms with van der Waals surface area (Å²) < 4.78 is 5.51.